The molecule has 5 amide bonds. The number of benzene rings is 1. The van der Waals surface area contributed by atoms with Crippen molar-refractivity contribution in [2.45, 2.75) is 71.0 Å². The number of fused-ring (bicyclic) bond motifs is 2. The zero-order valence-corrected chi connectivity index (χ0v) is 38.3. The van der Waals surface area contributed by atoms with Crippen molar-refractivity contribution in [3.05, 3.63) is 75.3 Å². The molecule has 21 nitrogen and oxygen atoms in total. The molecule has 1 aromatic carbocycles. The number of nitrogens with zero attached hydrogens (tertiary/aromatic N) is 7. The van der Waals surface area contributed by atoms with Gasteiger partial charge in [-0.3, -0.25) is 48.3 Å². The third-order valence-corrected chi connectivity index (χ3v) is 12.7. The Hall–Kier alpha value is -6.68. The van der Waals surface area contributed by atoms with Crippen LogP contribution in [0.25, 0.3) is 11.0 Å². The second-order valence-electron chi connectivity index (χ2n) is 17.3. The summed E-state index contributed by atoms with van der Waals surface area (Å²) in [6.45, 7) is 8.00. The van der Waals surface area contributed by atoms with Crippen molar-refractivity contribution < 1.29 is 43.0 Å². The van der Waals surface area contributed by atoms with E-state index in [-0.39, 0.29) is 86.4 Å². The molecular weight excluding hydrogens is 879 g/mol. The van der Waals surface area contributed by atoms with Gasteiger partial charge >= 0.3 is 0 Å². The number of pyridine rings is 2. The highest BCUT2D eigenvalue weighted by Crippen LogP contribution is 2.34. The molecule has 3 aromatic heterocycles. The van der Waals surface area contributed by atoms with Crippen molar-refractivity contribution in [1.29, 1.82) is 0 Å². The largest absolute Gasteiger partial charge is 0.377 e. The highest BCUT2D eigenvalue weighted by Gasteiger charge is 2.40. The molecular formula is C47H57N11O10. The minimum Gasteiger partial charge on any atom is -0.377 e. The summed E-state index contributed by atoms with van der Waals surface area (Å²) in [5.74, 6) is -1.06. The van der Waals surface area contributed by atoms with Gasteiger partial charge in [-0.25, -0.2) is 9.97 Å². The number of Topliss-reactive ketones (excluding diaryl/α,β-unsaturated/α-hetero) is 1. The lowest BCUT2D eigenvalue weighted by Gasteiger charge is -2.35. The van der Waals surface area contributed by atoms with E-state index in [9.17, 15) is 33.6 Å². The number of aromatic nitrogens is 4. The summed E-state index contributed by atoms with van der Waals surface area (Å²) >= 11 is 0. The van der Waals surface area contributed by atoms with Gasteiger partial charge in [-0.05, 0) is 62.9 Å². The zero-order chi connectivity index (χ0) is 47.7. The second kappa shape index (κ2) is 22.0. The number of aryl methyl sites for hydroxylation is 1. The van der Waals surface area contributed by atoms with E-state index in [0.29, 0.717) is 84.6 Å². The fraction of sp³-hybridized carbons (Fsp3) is 0.489. The van der Waals surface area contributed by atoms with Gasteiger partial charge in [-0.15, -0.1) is 0 Å². The Labute approximate surface area is 392 Å². The first-order valence-electron chi connectivity index (χ1n) is 23.1. The Kier molecular flexibility index (Phi) is 15.4. The van der Waals surface area contributed by atoms with E-state index < -0.39 is 17.9 Å². The van der Waals surface area contributed by atoms with Crippen LogP contribution in [0.4, 0.5) is 23.1 Å². The van der Waals surface area contributed by atoms with Crippen molar-refractivity contribution >= 4 is 69.5 Å². The summed E-state index contributed by atoms with van der Waals surface area (Å²) in [5, 5.41) is 11.8. The summed E-state index contributed by atoms with van der Waals surface area (Å²) in [4.78, 5) is 108. The van der Waals surface area contributed by atoms with E-state index in [2.05, 4.69) is 41.0 Å². The quantitative estimate of drug-likeness (QED) is 0.0564. The number of carbonyl (C=O) groups excluding carboxylic acids is 6. The number of ether oxygens (including phenoxy) is 3. The summed E-state index contributed by atoms with van der Waals surface area (Å²) in [6.07, 6.45) is 7.63. The zero-order valence-electron chi connectivity index (χ0n) is 38.3. The number of hydrogen-bond donors (Lipinski definition) is 4. The number of carbonyl (C=O) groups is 6. The maximum Gasteiger partial charge on any atom is 0.263 e. The summed E-state index contributed by atoms with van der Waals surface area (Å²) in [6, 6.07) is 8.07. The highest BCUT2D eigenvalue weighted by molar-refractivity contribution is 6.07. The van der Waals surface area contributed by atoms with Crippen molar-refractivity contribution in [2.24, 2.45) is 0 Å². The number of anilines is 4. The third kappa shape index (κ3) is 11.2. The van der Waals surface area contributed by atoms with E-state index in [1.54, 1.807) is 42.1 Å². The average molecular weight is 936 g/mol. The molecule has 4 N–H and O–H groups in total. The van der Waals surface area contributed by atoms with Gasteiger partial charge in [-0.2, -0.15) is 4.98 Å². The molecule has 3 fully saturated rings. The molecule has 0 spiro atoms. The normalized spacial score (nSPS) is 17.7. The predicted octanol–water partition coefficient (Wildman–Crippen LogP) is 2.24. The smallest absolute Gasteiger partial charge is 0.263 e. The van der Waals surface area contributed by atoms with Crippen LogP contribution in [-0.4, -0.2) is 150 Å². The monoisotopic (exact) mass is 935 g/mol. The lowest BCUT2D eigenvalue weighted by atomic mass is 10.0. The Morgan fingerprint density at radius 1 is 0.853 bits per heavy atom. The second-order valence-corrected chi connectivity index (χ2v) is 17.3. The number of imide groups is 1. The minimum absolute atomic E-state index is 0.0122. The maximum absolute atomic E-state index is 13.6. The molecule has 0 bridgehead atoms. The Morgan fingerprint density at radius 2 is 1.60 bits per heavy atom. The van der Waals surface area contributed by atoms with Crippen molar-refractivity contribution in [2.75, 3.05) is 94.4 Å². The number of nitrogens with one attached hydrogen (secondary N) is 4. The van der Waals surface area contributed by atoms with E-state index in [1.165, 1.54) is 11.8 Å². The van der Waals surface area contributed by atoms with E-state index in [1.807, 2.05) is 12.1 Å². The number of amides is 5. The molecule has 1 saturated carbocycles. The van der Waals surface area contributed by atoms with Crippen LogP contribution in [-0.2, 0) is 39.9 Å². The van der Waals surface area contributed by atoms with Gasteiger partial charge in [0.25, 0.3) is 11.5 Å². The van der Waals surface area contributed by atoms with Crippen molar-refractivity contribution in [3.8, 4) is 0 Å². The molecule has 1 aliphatic carbocycles. The maximum atomic E-state index is 13.6. The lowest BCUT2D eigenvalue weighted by Crippen LogP contribution is -2.52. The van der Waals surface area contributed by atoms with Crippen LogP contribution < -0.4 is 31.7 Å². The predicted molar refractivity (Wildman–Crippen MR) is 249 cm³/mol. The minimum atomic E-state index is -0.748. The van der Waals surface area contributed by atoms with Gasteiger partial charge in [0.05, 0.1) is 57.0 Å². The lowest BCUT2D eigenvalue weighted by molar-refractivity contribution is -0.137. The van der Waals surface area contributed by atoms with Gasteiger partial charge in [0.2, 0.25) is 29.6 Å². The number of ketones is 1. The molecule has 6 heterocycles. The van der Waals surface area contributed by atoms with E-state index >= 15 is 0 Å². The summed E-state index contributed by atoms with van der Waals surface area (Å²) in [5.41, 5.74) is 3.43. The Morgan fingerprint density at radius 3 is 2.32 bits per heavy atom. The SMILES string of the molecule is CC(=O)c1c(C)c2cnc(Nc3ccc(N4CCN(CC(=O)NCCOCCOCCOCC(=O)Nc5cccc6c5CN(C5CCC(=O)NC5=O)C6=O)CC4)cn3)nc2n(C2CCCC2)c1=O. The van der Waals surface area contributed by atoms with Gasteiger partial charge in [-0.1, -0.05) is 18.9 Å². The first-order valence-corrected chi connectivity index (χ1v) is 23.1. The van der Waals surface area contributed by atoms with Gasteiger partial charge in [0, 0.05) is 80.1 Å². The molecule has 0 radical (unpaired) electrons. The first kappa shape index (κ1) is 47.8. The third-order valence-electron chi connectivity index (χ3n) is 12.7. The topological polar surface area (TPSA) is 249 Å². The molecule has 68 heavy (non-hydrogen) atoms. The molecule has 1 unspecified atom stereocenters. The van der Waals surface area contributed by atoms with Gasteiger partial charge < -0.3 is 40.0 Å². The average Bonchev–Trinajstić information content (AvgIpc) is 3.97. The Balaban J connectivity index is 0.671. The number of rotatable bonds is 20. The molecule has 21 heteroatoms. The fourth-order valence-electron chi connectivity index (χ4n) is 9.25. The number of hydrogen-bond acceptors (Lipinski definition) is 16. The first-order chi connectivity index (χ1) is 32.9. The number of piperidine rings is 1. The van der Waals surface area contributed by atoms with E-state index in [4.69, 9.17) is 19.2 Å². The molecule has 1 atom stereocenters. The van der Waals surface area contributed by atoms with Crippen LogP contribution >= 0.6 is 0 Å². The molecule has 8 rings (SSSR count). The summed E-state index contributed by atoms with van der Waals surface area (Å²) in [7, 11) is 0. The van der Waals surface area contributed by atoms with E-state index in [0.717, 1.165) is 44.5 Å². The van der Waals surface area contributed by atoms with Crippen molar-refractivity contribution in [1.82, 2.24) is 40.0 Å². The molecule has 2 saturated heterocycles. The van der Waals surface area contributed by atoms with Gasteiger partial charge in [0.15, 0.2) is 5.78 Å². The fourth-order valence-corrected chi connectivity index (χ4v) is 9.25. The van der Waals surface area contributed by atoms with Crippen LogP contribution in [0.2, 0.25) is 0 Å². The Bertz CT molecular complexity index is 2610. The van der Waals surface area contributed by atoms with Crippen LogP contribution in [0.1, 0.15) is 83.3 Å². The molecule has 360 valence electrons. The van der Waals surface area contributed by atoms with Crippen LogP contribution in [0.5, 0.6) is 0 Å². The molecule has 3 aliphatic heterocycles. The van der Waals surface area contributed by atoms with Crippen LogP contribution in [0, 0.1) is 6.92 Å². The van der Waals surface area contributed by atoms with Gasteiger partial charge in [0.1, 0.15) is 24.1 Å². The van der Waals surface area contributed by atoms with Crippen LogP contribution in [0.3, 0.4) is 0 Å². The standard InChI is InChI=1S/C47H57N11O10/c1-29-34-25-50-47(54-43(34)58(31-6-3-4-7-31)46(65)42(29)30(2)59)52-38-12-10-32(24-49-38)56-17-15-55(16-18-56)27-40(61)48-14-19-66-20-21-67-22-23-68-28-41(62)51-36-9-5-8-33-35(36)26-57(45(33)64)37-11-13-39(60)53-44(37)63/h5,8-10,12,24-25,31,37H,3-4,6-7,11,13-23,26-28H2,1-2H3,(H,48,61)(H,51,62)(H,53,60,63)(H,49,50,52,54). The van der Waals surface area contributed by atoms with Crippen LogP contribution in [0.15, 0.2) is 47.5 Å². The molecule has 4 aliphatic rings. The highest BCUT2D eigenvalue weighted by atomic mass is 16.5. The van der Waals surface area contributed by atoms with Crippen molar-refractivity contribution in [3.63, 3.8) is 0 Å². The number of piperazine rings is 1. The summed E-state index contributed by atoms with van der Waals surface area (Å²) < 4.78 is 18.3. The molecule has 4 aromatic rings.